The number of unbranched alkanes of at least 4 members (excludes halogenated alkanes) is 3. The Morgan fingerprint density at radius 2 is 1.84 bits per heavy atom. The summed E-state index contributed by atoms with van der Waals surface area (Å²) in [7, 11) is 3.35. The summed E-state index contributed by atoms with van der Waals surface area (Å²) in [4.78, 5) is 33.2. The van der Waals surface area contributed by atoms with Crippen molar-refractivity contribution in [3.05, 3.63) is 45.1 Å². The van der Waals surface area contributed by atoms with Gasteiger partial charge in [0.05, 0.1) is 7.11 Å². The normalized spacial score (nSPS) is 16.0. The van der Waals surface area contributed by atoms with Crippen molar-refractivity contribution in [2.24, 2.45) is 13.0 Å². The van der Waals surface area contributed by atoms with Crippen molar-refractivity contribution in [3.63, 3.8) is 0 Å². The lowest BCUT2D eigenvalue weighted by molar-refractivity contribution is 0.414. The van der Waals surface area contributed by atoms with Gasteiger partial charge in [-0.05, 0) is 36.6 Å². The Kier molecular flexibility index (Phi) is 5.89. The molecule has 2 aromatic heterocycles. The highest BCUT2D eigenvalue weighted by Crippen LogP contribution is 2.33. The Morgan fingerprint density at radius 3 is 2.52 bits per heavy atom. The summed E-state index contributed by atoms with van der Waals surface area (Å²) in [5.74, 6) is 1.81. The molecule has 1 aliphatic heterocycles. The average molecular weight is 426 g/mol. The molecule has 0 radical (unpaired) electrons. The standard InChI is InChI=1S/C23H31N5O3/c1-5-6-7-8-13-26-21(29)19-20(25(3)23(26)30)24-22-27(14-16(2)15-28(19)22)17-9-11-18(31-4)12-10-17/h9-12,16H,5-8,13-15H2,1-4H3/t16-/m0/s1. The van der Waals surface area contributed by atoms with E-state index in [4.69, 9.17) is 9.72 Å². The summed E-state index contributed by atoms with van der Waals surface area (Å²) >= 11 is 0. The number of aromatic nitrogens is 4. The van der Waals surface area contributed by atoms with Crippen LogP contribution < -0.4 is 20.9 Å². The molecule has 0 spiro atoms. The van der Waals surface area contributed by atoms with Gasteiger partial charge in [-0.3, -0.25) is 13.9 Å². The van der Waals surface area contributed by atoms with Crippen LogP contribution in [-0.2, 0) is 20.1 Å². The maximum atomic E-state index is 13.4. The third kappa shape index (κ3) is 3.75. The minimum atomic E-state index is -0.298. The number of ether oxygens (including phenoxy) is 1. The fraction of sp³-hybridized carbons (Fsp3) is 0.522. The highest BCUT2D eigenvalue weighted by molar-refractivity contribution is 5.77. The summed E-state index contributed by atoms with van der Waals surface area (Å²) in [5, 5.41) is 0. The average Bonchev–Trinajstić information content (AvgIpc) is 3.16. The maximum Gasteiger partial charge on any atom is 0.332 e. The van der Waals surface area contributed by atoms with Crippen molar-refractivity contribution in [1.29, 1.82) is 0 Å². The van der Waals surface area contributed by atoms with E-state index >= 15 is 0 Å². The number of anilines is 2. The van der Waals surface area contributed by atoms with Gasteiger partial charge < -0.3 is 14.2 Å². The van der Waals surface area contributed by atoms with Crippen LogP contribution in [0.3, 0.4) is 0 Å². The van der Waals surface area contributed by atoms with Crippen LogP contribution in [-0.4, -0.2) is 32.3 Å². The van der Waals surface area contributed by atoms with Crippen LogP contribution in [0.5, 0.6) is 5.75 Å². The lowest BCUT2D eigenvalue weighted by atomic mass is 10.1. The number of hydrogen-bond donors (Lipinski definition) is 0. The fourth-order valence-corrected chi connectivity index (χ4v) is 4.38. The molecule has 8 heteroatoms. The predicted octanol–water partition coefficient (Wildman–Crippen LogP) is 3.27. The van der Waals surface area contributed by atoms with Crippen molar-refractivity contribution in [3.8, 4) is 5.75 Å². The molecule has 0 N–H and O–H groups in total. The van der Waals surface area contributed by atoms with Crippen LogP contribution in [0, 0.1) is 5.92 Å². The Bertz CT molecular complexity index is 1190. The van der Waals surface area contributed by atoms with Crippen molar-refractivity contribution in [2.75, 3.05) is 18.6 Å². The number of aryl methyl sites for hydroxylation is 1. The third-order valence-electron chi connectivity index (χ3n) is 6.06. The molecule has 0 saturated heterocycles. The number of rotatable bonds is 7. The lowest BCUT2D eigenvalue weighted by Gasteiger charge is -2.33. The minimum Gasteiger partial charge on any atom is -0.497 e. The molecule has 0 aliphatic carbocycles. The van der Waals surface area contributed by atoms with Crippen molar-refractivity contribution >= 4 is 22.8 Å². The molecule has 1 aliphatic rings. The van der Waals surface area contributed by atoms with Gasteiger partial charge in [-0.15, -0.1) is 0 Å². The van der Waals surface area contributed by atoms with Crippen molar-refractivity contribution < 1.29 is 4.74 Å². The van der Waals surface area contributed by atoms with Gasteiger partial charge in [0, 0.05) is 32.4 Å². The lowest BCUT2D eigenvalue weighted by Crippen LogP contribution is -2.40. The van der Waals surface area contributed by atoms with Crippen LogP contribution >= 0.6 is 0 Å². The van der Waals surface area contributed by atoms with Gasteiger partial charge in [0.25, 0.3) is 5.56 Å². The topological polar surface area (TPSA) is 74.3 Å². The Labute approximate surface area is 181 Å². The molecule has 4 rings (SSSR count). The smallest absolute Gasteiger partial charge is 0.332 e. The van der Waals surface area contributed by atoms with Crippen LogP contribution in [0.15, 0.2) is 33.9 Å². The predicted molar refractivity (Wildman–Crippen MR) is 123 cm³/mol. The van der Waals surface area contributed by atoms with Crippen LogP contribution in [0.4, 0.5) is 11.6 Å². The van der Waals surface area contributed by atoms with Gasteiger partial charge in [0.2, 0.25) is 5.95 Å². The van der Waals surface area contributed by atoms with E-state index in [9.17, 15) is 9.59 Å². The Hall–Kier alpha value is -3.03. The van der Waals surface area contributed by atoms with E-state index in [1.165, 1.54) is 9.13 Å². The van der Waals surface area contributed by atoms with Gasteiger partial charge in [0.15, 0.2) is 11.2 Å². The van der Waals surface area contributed by atoms with E-state index in [0.717, 1.165) is 43.7 Å². The second-order valence-corrected chi connectivity index (χ2v) is 8.47. The van der Waals surface area contributed by atoms with Gasteiger partial charge >= 0.3 is 5.69 Å². The summed E-state index contributed by atoms with van der Waals surface area (Å²) in [6.45, 7) is 6.23. The van der Waals surface area contributed by atoms with E-state index in [0.29, 0.717) is 36.1 Å². The molecule has 8 nitrogen and oxygen atoms in total. The largest absolute Gasteiger partial charge is 0.497 e. The monoisotopic (exact) mass is 425 g/mol. The van der Waals surface area contributed by atoms with Crippen LogP contribution in [0.25, 0.3) is 11.2 Å². The summed E-state index contributed by atoms with van der Waals surface area (Å²) in [6.07, 6.45) is 4.05. The second-order valence-electron chi connectivity index (χ2n) is 8.47. The van der Waals surface area contributed by atoms with E-state index in [1.54, 1.807) is 14.2 Å². The summed E-state index contributed by atoms with van der Waals surface area (Å²) in [6, 6.07) is 7.82. The zero-order chi connectivity index (χ0) is 22.1. The molecule has 3 aromatic rings. The first kappa shape index (κ1) is 21.2. The molecule has 31 heavy (non-hydrogen) atoms. The first-order chi connectivity index (χ1) is 15.0. The van der Waals surface area contributed by atoms with Gasteiger partial charge in [-0.2, -0.15) is 4.98 Å². The molecule has 3 heterocycles. The molecule has 166 valence electrons. The highest BCUT2D eigenvalue weighted by atomic mass is 16.5. The molecule has 0 bridgehead atoms. The van der Waals surface area contributed by atoms with Crippen molar-refractivity contribution in [2.45, 2.75) is 52.6 Å². The van der Waals surface area contributed by atoms with E-state index < -0.39 is 0 Å². The highest BCUT2D eigenvalue weighted by Gasteiger charge is 2.29. The molecule has 0 fully saturated rings. The number of hydrogen-bond acceptors (Lipinski definition) is 5. The zero-order valence-electron chi connectivity index (χ0n) is 18.8. The van der Waals surface area contributed by atoms with Gasteiger partial charge in [0.1, 0.15) is 5.75 Å². The second kappa shape index (κ2) is 8.61. The number of nitrogens with zero attached hydrogens (tertiary/aromatic N) is 5. The number of methoxy groups -OCH3 is 1. The van der Waals surface area contributed by atoms with Gasteiger partial charge in [-0.1, -0.05) is 33.1 Å². The molecule has 0 saturated carbocycles. The van der Waals surface area contributed by atoms with E-state index in [1.807, 2.05) is 28.8 Å². The number of benzene rings is 1. The third-order valence-corrected chi connectivity index (χ3v) is 6.06. The van der Waals surface area contributed by atoms with E-state index in [2.05, 4.69) is 18.7 Å². The molecular weight excluding hydrogens is 394 g/mol. The van der Waals surface area contributed by atoms with Crippen molar-refractivity contribution in [1.82, 2.24) is 18.7 Å². The molecule has 0 amide bonds. The molecular formula is C23H31N5O3. The quantitative estimate of drug-likeness (QED) is 0.543. The summed E-state index contributed by atoms with van der Waals surface area (Å²) < 4.78 is 10.2. The SMILES string of the molecule is CCCCCCn1c(=O)c2c(nc3n2C[C@@H](C)CN3c2ccc(OC)cc2)n(C)c1=O. The molecule has 1 atom stereocenters. The van der Waals surface area contributed by atoms with Crippen LogP contribution in [0.2, 0.25) is 0 Å². The minimum absolute atomic E-state index is 0.239. The van der Waals surface area contributed by atoms with Gasteiger partial charge in [-0.25, -0.2) is 4.79 Å². The molecule has 1 aromatic carbocycles. The first-order valence-corrected chi connectivity index (χ1v) is 11.1. The first-order valence-electron chi connectivity index (χ1n) is 11.1. The molecule has 0 unspecified atom stereocenters. The number of fused-ring (bicyclic) bond motifs is 3. The van der Waals surface area contributed by atoms with E-state index in [-0.39, 0.29) is 11.2 Å². The zero-order valence-corrected chi connectivity index (χ0v) is 18.8. The van der Waals surface area contributed by atoms with Crippen LogP contribution in [0.1, 0.15) is 39.5 Å². The number of imidazole rings is 1. The maximum absolute atomic E-state index is 13.4. The Morgan fingerprint density at radius 1 is 1.10 bits per heavy atom. The summed E-state index contributed by atoms with van der Waals surface area (Å²) in [5.41, 5.74) is 1.40. The Balaban J connectivity index is 1.83. The fourth-order valence-electron chi connectivity index (χ4n) is 4.38.